The number of hydrogen-bond donors (Lipinski definition) is 0. The smallest absolute Gasteiger partial charge is 0.0375 e. The van der Waals surface area contributed by atoms with Gasteiger partial charge in [0.15, 0.2) is 0 Å². The second kappa shape index (κ2) is 4.65. The van der Waals surface area contributed by atoms with Crippen molar-refractivity contribution < 1.29 is 0 Å². The van der Waals surface area contributed by atoms with Crippen LogP contribution in [0, 0.1) is 27.7 Å². The first-order chi connectivity index (χ1) is 7.43. The third-order valence-corrected chi connectivity index (χ3v) is 8.82. The van der Waals surface area contributed by atoms with E-state index in [1.54, 1.807) is 10.6 Å². The maximum atomic E-state index is 3.69. The molecule has 4 heteroatoms. The lowest BCUT2D eigenvalue weighted by Gasteiger charge is -2.01. The van der Waals surface area contributed by atoms with Gasteiger partial charge >= 0.3 is 0 Å². The Hall–Kier alpha value is 0.520. The van der Waals surface area contributed by atoms with Gasteiger partial charge in [-0.15, -0.1) is 16.4 Å². The molecule has 0 aliphatic heterocycles. The maximum Gasteiger partial charge on any atom is 0.0375 e. The molecule has 2 unspecified atom stereocenters. The first kappa shape index (κ1) is 13.0. The predicted octanol–water partition coefficient (Wildman–Crippen LogP) is 6.17. The van der Waals surface area contributed by atoms with Gasteiger partial charge in [0.2, 0.25) is 0 Å². The van der Waals surface area contributed by atoms with Crippen LogP contribution in [0.4, 0.5) is 0 Å². The van der Waals surface area contributed by atoms with Crippen LogP contribution in [0.5, 0.6) is 0 Å². The summed E-state index contributed by atoms with van der Waals surface area (Å²) in [6.45, 7) is 8.92. The van der Waals surface area contributed by atoms with Crippen LogP contribution in [0.2, 0.25) is 0 Å². The molecular formula is C12H14Br2P2. The summed E-state index contributed by atoms with van der Waals surface area (Å²) >= 11 is 7.37. The van der Waals surface area contributed by atoms with Crippen molar-refractivity contribution in [3.8, 4) is 10.6 Å². The van der Waals surface area contributed by atoms with Crippen LogP contribution in [0.15, 0.2) is 8.41 Å². The summed E-state index contributed by atoms with van der Waals surface area (Å²) < 4.78 is 2.76. The molecule has 2 aromatic rings. The van der Waals surface area contributed by atoms with Crippen molar-refractivity contribution in [2.45, 2.75) is 27.7 Å². The van der Waals surface area contributed by atoms with Crippen LogP contribution in [0.3, 0.4) is 0 Å². The molecule has 0 aromatic carbocycles. The highest BCUT2D eigenvalue weighted by Crippen LogP contribution is 2.50. The van der Waals surface area contributed by atoms with Crippen molar-refractivity contribution in [1.29, 1.82) is 0 Å². The van der Waals surface area contributed by atoms with Crippen molar-refractivity contribution in [3.05, 3.63) is 30.7 Å². The average Bonchev–Trinajstić information content (AvgIpc) is 2.64. The molecule has 0 radical (unpaired) electrons. The third kappa shape index (κ3) is 1.99. The zero-order chi connectivity index (χ0) is 12.0. The van der Waals surface area contributed by atoms with E-state index in [1.165, 1.54) is 30.7 Å². The van der Waals surface area contributed by atoms with Gasteiger partial charge in [-0.2, -0.15) is 0 Å². The molecule has 0 fully saturated rings. The lowest BCUT2D eigenvalue weighted by Crippen LogP contribution is -1.78. The van der Waals surface area contributed by atoms with Gasteiger partial charge in [0.25, 0.3) is 0 Å². The monoisotopic (exact) mass is 378 g/mol. The quantitative estimate of drug-likeness (QED) is 0.555. The zero-order valence-corrected chi connectivity index (χ0v) is 14.9. The zero-order valence-electron chi connectivity index (χ0n) is 9.76. The first-order valence-electron chi connectivity index (χ1n) is 5.13. The van der Waals surface area contributed by atoms with E-state index in [0.29, 0.717) is 0 Å². The van der Waals surface area contributed by atoms with Crippen LogP contribution < -0.4 is 0 Å². The molecule has 0 N–H and O–H groups in total. The molecule has 2 aromatic heterocycles. The maximum absolute atomic E-state index is 3.69. The second-order valence-electron chi connectivity index (χ2n) is 4.13. The van der Waals surface area contributed by atoms with Gasteiger partial charge in [-0.05, 0) is 81.8 Å². The van der Waals surface area contributed by atoms with Crippen LogP contribution in [-0.2, 0) is 0 Å². The summed E-state index contributed by atoms with van der Waals surface area (Å²) in [7, 11) is 1.62. The van der Waals surface area contributed by atoms with Crippen molar-refractivity contribution in [2.24, 2.45) is 0 Å². The van der Waals surface area contributed by atoms with Gasteiger partial charge in [-0.3, -0.25) is 0 Å². The standard InChI is InChI=1S/C12H14Br2P2/c1-5-7(3)11(13)15-9(5)10-6(2)8(4)12(14)16-10/h15-16H,1-4H3. The number of rotatable bonds is 1. The molecule has 0 aliphatic carbocycles. The SMILES string of the molecule is Cc1c(Br)[pH]c(-c2[pH]c(Br)c(C)c2C)c1C. The highest BCUT2D eigenvalue weighted by Gasteiger charge is 2.15. The first-order valence-corrected chi connectivity index (χ1v) is 8.71. The van der Waals surface area contributed by atoms with Gasteiger partial charge in [0.1, 0.15) is 0 Å². The van der Waals surface area contributed by atoms with E-state index in [-0.39, 0.29) is 0 Å². The number of hydrogen-bond acceptors (Lipinski definition) is 0. The summed E-state index contributed by atoms with van der Waals surface area (Å²) in [6.07, 6.45) is 0. The van der Waals surface area contributed by atoms with Crippen LogP contribution in [0.25, 0.3) is 10.6 Å². The van der Waals surface area contributed by atoms with Gasteiger partial charge in [-0.25, -0.2) is 0 Å². The van der Waals surface area contributed by atoms with Crippen molar-refractivity contribution in [2.75, 3.05) is 0 Å². The summed E-state index contributed by atoms with van der Waals surface area (Å²) in [4.78, 5) is 0. The molecule has 86 valence electrons. The fourth-order valence-electron chi connectivity index (χ4n) is 1.80. The molecule has 0 nitrogen and oxygen atoms in total. The summed E-state index contributed by atoms with van der Waals surface area (Å²) in [5, 5.41) is 3.13. The van der Waals surface area contributed by atoms with Gasteiger partial charge in [-0.1, -0.05) is 0 Å². The molecule has 0 amide bonds. The molecular weight excluding hydrogens is 366 g/mol. The molecule has 2 heterocycles. The highest BCUT2D eigenvalue weighted by atomic mass is 79.9. The lowest BCUT2D eigenvalue weighted by molar-refractivity contribution is 1.37. The molecule has 0 saturated heterocycles. The Balaban J connectivity index is 2.68. The minimum Gasteiger partial charge on any atom is -0.116 e. The largest absolute Gasteiger partial charge is 0.116 e. The second-order valence-corrected chi connectivity index (χ2v) is 9.68. The Morgan fingerprint density at radius 3 is 1.12 bits per heavy atom. The Bertz CT molecular complexity index is 500. The number of halogens is 2. The Labute approximate surface area is 117 Å². The van der Waals surface area contributed by atoms with E-state index < -0.39 is 0 Å². The molecule has 2 atom stereocenters. The van der Waals surface area contributed by atoms with Gasteiger partial charge in [0.05, 0.1) is 0 Å². The Morgan fingerprint density at radius 2 is 0.938 bits per heavy atom. The molecule has 0 spiro atoms. The minimum atomic E-state index is 0.811. The van der Waals surface area contributed by atoms with E-state index in [0.717, 1.165) is 16.4 Å². The molecule has 2 rings (SSSR count). The van der Waals surface area contributed by atoms with E-state index in [4.69, 9.17) is 0 Å². The fourth-order valence-corrected chi connectivity index (χ4v) is 6.52. The van der Waals surface area contributed by atoms with Crippen molar-refractivity contribution in [3.63, 3.8) is 0 Å². The van der Waals surface area contributed by atoms with E-state index in [2.05, 4.69) is 59.6 Å². The molecule has 16 heavy (non-hydrogen) atoms. The summed E-state index contributed by atoms with van der Waals surface area (Å²) in [6, 6.07) is 0. The fraction of sp³-hybridized carbons (Fsp3) is 0.333. The molecule has 0 aliphatic rings. The van der Waals surface area contributed by atoms with Crippen LogP contribution in [0.1, 0.15) is 22.3 Å². The van der Waals surface area contributed by atoms with E-state index >= 15 is 0 Å². The van der Waals surface area contributed by atoms with E-state index in [1.807, 2.05) is 0 Å². The van der Waals surface area contributed by atoms with Gasteiger partial charge in [0, 0.05) is 19.0 Å². The Kier molecular flexibility index (Phi) is 3.77. The van der Waals surface area contributed by atoms with Crippen LogP contribution in [-0.4, -0.2) is 0 Å². The van der Waals surface area contributed by atoms with Crippen molar-refractivity contribution >= 4 is 48.2 Å². The molecule has 0 saturated carbocycles. The summed E-state index contributed by atoms with van der Waals surface area (Å²) in [5.74, 6) is 0. The van der Waals surface area contributed by atoms with Crippen molar-refractivity contribution in [1.82, 2.24) is 0 Å². The molecule has 0 bridgehead atoms. The summed E-state index contributed by atoms with van der Waals surface area (Å²) in [5.41, 5.74) is 5.81. The van der Waals surface area contributed by atoms with Crippen LogP contribution >= 0.6 is 48.2 Å². The predicted molar refractivity (Wildman–Crippen MR) is 85.2 cm³/mol. The van der Waals surface area contributed by atoms with E-state index in [9.17, 15) is 0 Å². The minimum absolute atomic E-state index is 0.811. The lowest BCUT2D eigenvalue weighted by atomic mass is 10.1. The Morgan fingerprint density at radius 1 is 0.625 bits per heavy atom. The average molecular weight is 380 g/mol. The third-order valence-electron chi connectivity index (χ3n) is 3.25. The topological polar surface area (TPSA) is 0 Å². The normalized spacial score (nSPS) is 12.1. The van der Waals surface area contributed by atoms with Gasteiger partial charge < -0.3 is 0 Å². The highest BCUT2D eigenvalue weighted by molar-refractivity contribution is 9.11.